The Morgan fingerprint density at radius 1 is 1.00 bits per heavy atom. The molecule has 2 N–H and O–H groups in total. The van der Waals surface area contributed by atoms with Crippen LogP contribution in [-0.4, -0.2) is 16.2 Å². The van der Waals surface area contributed by atoms with Crippen molar-refractivity contribution < 1.29 is 9.18 Å². The van der Waals surface area contributed by atoms with Gasteiger partial charge in [-0.3, -0.25) is 5.32 Å². The molecule has 0 atom stereocenters. The van der Waals surface area contributed by atoms with Crippen LogP contribution in [0.15, 0.2) is 54.6 Å². The minimum absolute atomic E-state index is 0.114. The SMILES string of the molecule is O=C(Nc1nnc(CSCc2ccccc2)s1)Nc1ccccc1F. The van der Waals surface area contributed by atoms with Gasteiger partial charge in [0.2, 0.25) is 5.13 Å². The first kappa shape index (κ1) is 17.4. The summed E-state index contributed by atoms with van der Waals surface area (Å²) >= 11 is 3.03. The van der Waals surface area contributed by atoms with Gasteiger partial charge in [0.05, 0.1) is 5.69 Å². The van der Waals surface area contributed by atoms with E-state index in [2.05, 4.69) is 33.0 Å². The summed E-state index contributed by atoms with van der Waals surface area (Å²) in [5, 5.41) is 14.2. The molecule has 25 heavy (non-hydrogen) atoms. The maximum atomic E-state index is 13.5. The van der Waals surface area contributed by atoms with Gasteiger partial charge in [0.1, 0.15) is 10.8 Å². The smallest absolute Gasteiger partial charge is 0.305 e. The van der Waals surface area contributed by atoms with E-state index in [4.69, 9.17) is 0 Å². The Balaban J connectivity index is 1.48. The second-order valence-electron chi connectivity index (χ2n) is 5.04. The molecular formula is C17H15FN4OS2. The monoisotopic (exact) mass is 374 g/mol. The van der Waals surface area contributed by atoms with Crippen LogP contribution in [-0.2, 0) is 11.5 Å². The lowest BCUT2D eigenvalue weighted by atomic mass is 10.2. The van der Waals surface area contributed by atoms with E-state index < -0.39 is 11.8 Å². The molecule has 128 valence electrons. The molecule has 0 aliphatic carbocycles. The summed E-state index contributed by atoms with van der Waals surface area (Å²) in [6.45, 7) is 0. The van der Waals surface area contributed by atoms with Crippen molar-refractivity contribution in [2.24, 2.45) is 0 Å². The second-order valence-corrected chi connectivity index (χ2v) is 7.09. The number of anilines is 2. The van der Waals surface area contributed by atoms with Crippen LogP contribution in [0.3, 0.4) is 0 Å². The number of halogens is 1. The fourth-order valence-electron chi connectivity index (χ4n) is 2.01. The Hall–Kier alpha value is -2.45. The Kier molecular flexibility index (Phi) is 5.97. The standard InChI is InChI=1S/C17H15FN4OS2/c18-13-8-4-5-9-14(13)19-16(23)20-17-22-21-15(25-17)11-24-10-12-6-2-1-3-7-12/h1-9H,10-11H2,(H2,19,20,22,23). The Morgan fingerprint density at radius 2 is 1.76 bits per heavy atom. The van der Waals surface area contributed by atoms with Crippen LogP contribution in [0.1, 0.15) is 10.6 Å². The molecular weight excluding hydrogens is 359 g/mol. The van der Waals surface area contributed by atoms with E-state index in [9.17, 15) is 9.18 Å². The van der Waals surface area contributed by atoms with Crippen molar-refractivity contribution in [2.45, 2.75) is 11.5 Å². The molecule has 2 aromatic carbocycles. The minimum atomic E-state index is -0.551. The fraction of sp³-hybridized carbons (Fsp3) is 0.118. The quantitative estimate of drug-likeness (QED) is 0.653. The highest BCUT2D eigenvalue weighted by Crippen LogP contribution is 2.23. The highest BCUT2D eigenvalue weighted by atomic mass is 32.2. The maximum absolute atomic E-state index is 13.5. The summed E-state index contributed by atoms with van der Waals surface area (Å²) in [5.74, 6) is 1.10. The number of amides is 2. The predicted molar refractivity (Wildman–Crippen MR) is 100 cm³/mol. The van der Waals surface area contributed by atoms with Crippen LogP contribution in [0.25, 0.3) is 0 Å². The molecule has 0 fully saturated rings. The van der Waals surface area contributed by atoms with Crippen LogP contribution in [0.2, 0.25) is 0 Å². The van der Waals surface area contributed by atoms with Crippen LogP contribution >= 0.6 is 23.1 Å². The third kappa shape index (κ3) is 5.27. The molecule has 0 saturated carbocycles. The van der Waals surface area contributed by atoms with E-state index in [0.717, 1.165) is 10.8 Å². The predicted octanol–water partition coefficient (Wildman–Crippen LogP) is 4.75. The number of carbonyl (C=O) groups is 1. The van der Waals surface area contributed by atoms with Gasteiger partial charge in [-0.15, -0.1) is 22.0 Å². The van der Waals surface area contributed by atoms with Crippen LogP contribution < -0.4 is 10.6 Å². The molecule has 0 radical (unpaired) electrons. The van der Waals surface area contributed by atoms with E-state index in [-0.39, 0.29) is 5.69 Å². The summed E-state index contributed by atoms with van der Waals surface area (Å²) in [6.07, 6.45) is 0. The molecule has 0 unspecified atom stereocenters. The Morgan fingerprint density at radius 3 is 2.56 bits per heavy atom. The van der Waals surface area contributed by atoms with Gasteiger partial charge in [-0.25, -0.2) is 9.18 Å². The van der Waals surface area contributed by atoms with Gasteiger partial charge in [0.15, 0.2) is 0 Å². The number of thioether (sulfide) groups is 1. The zero-order valence-electron chi connectivity index (χ0n) is 13.1. The second kappa shape index (κ2) is 8.59. The normalized spacial score (nSPS) is 10.4. The van der Waals surface area contributed by atoms with Crippen LogP contribution in [0.5, 0.6) is 0 Å². The zero-order chi connectivity index (χ0) is 17.5. The summed E-state index contributed by atoms with van der Waals surface area (Å²) in [5.41, 5.74) is 1.36. The number of para-hydroxylation sites is 1. The van der Waals surface area contributed by atoms with E-state index >= 15 is 0 Å². The lowest BCUT2D eigenvalue weighted by molar-refractivity contribution is 0.262. The number of aromatic nitrogens is 2. The number of hydrogen-bond acceptors (Lipinski definition) is 5. The van der Waals surface area contributed by atoms with E-state index in [0.29, 0.717) is 10.9 Å². The van der Waals surface area contributed by atoms with Crippen molar-refractivity contribution in [2.75, 3.05) is 10.6 Å². The number of hydrogen-bond donors (Lipinski definition) is 2. The van der Waals surface area contributed by atoms with Crippen molar-refractivity contribution in [3.63, 3.8) is 0 Å². The number of nitrogens with zero attached hydrogens (tertiary/aromatic N) is 2. The molecule has 1 heterocycles. The van der Waals surface area contributed by atoms with E-state index in [1.807, 2.05) is 18.2 Å². The first-order valence-electron chi connectivity index (χ1n) is 7.47. The molecule has 0 aliphatic rings. The molecule has 0 spiro atoms. The lowest BCUT2D eigenvalue weighted by Crippen LogP contribution is -2.19. The lowest BCUT2D eigenvalue weighted by Gasteiger charge is -2.05. The summed E-state index contributed by atoms with van der Waals surface area (Å²) in [4.78, 5) is 11.9. The average molecular weight is 374 g/mol. The minimum Gasteiger partial charge on any atom is -0.305 e. The number of nitrogens with one attached hydrogen (secondary N) is 2. The van der Waals surface area contributed by atoms with E-state index in [1.54, 1.807) is 23.9 Å². The number of carbonyl (C=O) groups excluding carboxylic acids is 1. The van der Waals surface area contributed by atoms with Crippen molar-refractivity contribution >= 4 is 39.9 Å². The fourth-order valence-corrected chi connectivity index (χ4v) is 3.78. The first-order valence-corrected chi connectivity index (χ1v) is 9.44. The largest absolute Gasteiger partial charge is 0.325 e. The molecule has 3 aromatic rings. The Bertz CT molecular complexity index is 841. The van der Waals surface area contributed by atoms with Gasteiger partial charge in [0, 0.05) is 11.5 Å². The molecule has 2 amide bonds. The number of rotatable bonds is 6. The van der Waals surface area contributed by atoms with Crippen molar-refractivity contribution in [3.05, 3.63) is 71.0 Å². The van der Waals surface area contributed by atoms with Crippen molar-refractivity contribution in [1.29, 1.82) is 0 Å². The summed E-state index contributed by atoms with van der Waals surface area (Å²) in [6, 6.07) is 15.6. The molecule has 0 saturated heterocycles. The zero-order valence-corrected chi connectivity index (χ0v) is 14.7. The maximum Gasteiger partial charge on any atom is 0.325 e. The highest BCUT2D eigenvalue weighted by Gasteiger charge is 2.10. The third-order valence-electron chi connectivity index (χ3n) is 3.15. The molecule has 0 aliphatic heterocycles. The topological polar surface area (TPSA) is 66.9 Å². The van der Waals surface area contributed by atoms with Crippen molar-refractivity contribution in [1.82, 2.24) is 10.2 Å². The van der Waals surface area contributed by atoms with Crippen LogP contribution in [0.4, 0.5) is 20.0 Å². The molecule has 5 nitrogen and oxygen atoms in total. The first-order chi connectivity index (χ1) is 12.2. The van der Waals surface area contributed by atoms with Gasteiger partial charge in [-0.2, -0.15) is 0 Å². The third-order valence-corrected chi connectivity index (χ3v) is 5.18. The molecule has 3 rings (SSSR count). The number of benzene rings is 2. The van der Waals surface area contributed by atoms with Gasteiger partial charge in [-0.1, -0.05) is 53.8 Å². The summed E-state index contributed by atoms with van der Waals surface area (Å²) in [7, 11) is 0. The summed E-state index contributed by atoms with van der Waals surface area (Å²) < 4.78 is 13.5. The van der Waals surface area contributed by atoms with Gasteiger partial charge < -0.3 is 5.32 Å². The average Bonchev–Trinajstić information content (AvgIpc) is 3.05. The van der Waals surface area contributed by atoms with Crippen LogP contribution in [0, 0.1) is 5.82 Å². The van der Waals surface area contributed by atoms with Gasteiger partial charge >= 0.3 is 6.03 Å². The Labute approximate surface area is 152 Å². The van der Waals surface area contributed by atoms with Gasteiger partial charge in [-0.05, 0) is 17.7 Å². The van der Waals surface area contributed by atoms with Crippen molar-refractivity contribution in [3.8, 4) is 0 Å². The molecule has 0 bridgehead atoms. The molecule has 8 heteroatoms. The molecule has 1 aromatic heterocycles. The number of urea groups is 1. The van der Waals surface area contributed by atoms with E-state index in [1.165, 1.54) is 29.0 Å². The van der Waals surface area contributed by atoms with Gasteiger partial charge in [0.25, 0.3) is 0 Å². The highest BCUT2D eigenvalue weighted by molar-refractivity contribution is 7.97.